The van der Waals surface area contributed by atoms with Crippen molar-refractivity contribution in [2.24, 2.45) is 0 Å². The van der Waals surface area contributed by atoms with Crippen LogP contribution in [0, 0.1) is 6.92 Å². The quantitative estimate of drug-likeness (QED) is 0.702. The number of nitrogens with one attached hydrogen (secondary N) is 1. The summed E-state index contributed by atoms with van der Waals surface area (Å²) in [6, 6.07) is 4.94. The maximum Gasteiger partial charge on any atom is 0.273 e. The number of aliphatic hydroxyl groups is 1. The van der Waals surface area contributed by atoms with E-state index in [1.165, 1.54) is 0 Å². The molecule has 0 aliphatic rings. The lowest BCUT2D eigenvalue weighted by molar-refractivity contribution is 0.0907. The van der Waals surface area contributed by atoms with Gasteiger partial charge in [0.25, 0.3) is 5.91 Å². The lowest BCUT2D eigenvalue weighted by Gasteiger charge is -2.10. The molecule has 2 N–H and O–H groups in total. The van der Waals surface area contributed by atoms with E-state index in [0.29, 0.717) is 17.9 Å². The maximum absolute atomic E-state index is 12.1. The van der Waals surface area contributed by atoms with E-state index in [2.05, 4.69) is 20.6 Å². The normalized spacial score (nSPS) is 12.1. The first-order valence-electron chi connectivity index (χ1n) is 7.42. The van der Waals surface area contributed by atoms with E-state index in [1.54, 1.807) is 41.5 Å². The topological polar surface area (TPSA) is 106 Å². The lowest BCUT2D eigenvalue weighted by atomic mass is 10.1. The summed E-state index contributed by atoms with van der Waals surface area (Å²) >= 11 is 0. The molecule has 8 heteroatoms. The fraction of sp³-hybridized carbons (Fsp3) is 0.250. The van der Waals surface area contributed by atoms with Gasteiger partial charge in [0.1, 0.15) is 6.54 Å². The number of amides is 1. The van der Waals surface area contributed by atoms with Crippen molar-refractivity contribution in [2.75, 3.05) is 6.54 Å². The molecule has 3 heterocycles. The SMILES string of the molecule is Cc1cnn(Cc2cc(C(=O)NCC(O)c3ccncc3)no2)c1. The van der Waals surface area contributed by atoms with E-state index in [-0.39, 0.29) is 12.2 Å². The average Bonchev–Trinajstić information content (AvgIpc) is 3.22. The summed E-state index contributed by atoms with van der Waals surface area (Å²) in [6.45, 7) is 2.41. The highest BCUT2D eigenvalue weighted by molar-refractivity contribution is 5.92. The van der Waals surface area contributed by atoms with E-state index in [4.69, 9.17) is 4.52 Å². The van der Waals surface area contributed by atoms with Gasteiger partial charge >= 0.3 is 0 Å². The smallest absolute Gasteiger partial charge is 0.273 e. The number of nitrogens with zero attached hydrogens (tertiary/aromatic N) is 4. The fourth-order valence-electron chi connectivity index (χ4n) is 2.19. The molecule has 0 fully saturated rings. The molecule has 0 saturated heterocycles. The highest BCUT2D eigenvalue weighted by Gasteiger charge is 2.15. The van der Waals surface area contributed by atoms with Gasteiger partial charge in [-0.15, -0.1) is 0 Å². The number of pyridine rings is 1. The molecule has 1 atom stereocenters. The monoisotopic (exact) mass is 327 g/mol. The number of aromatic nitrogens is 4. The second kappa shape index (κ2) is 7.05. The number of rotatable bonds is 6. The minimum absolute atomic E-state index is 0.0728. The number of carbonyl (C=O) groups excluding carboxylic acids is 1. The number of aliphatic hydroxyl groups excluding tert-OH is 1. The van der Waals surface area contributed by atoms with Crippen LogP contribution in [0.4, 0.5) is 0 Å². The van der Waals surface area contributed by atoms with E-state index in [9.17, 15) is 9.90 Å². The van der Waals surface area contributed by atoms with Crippen LogP contribution in [-0.2, 0) is 6.54 Å². The Kier molecular flexibility index (Phi) is 4.66. The summed E-state index contributed by atoms with van der Waals surface area (Å²) in [4.78, 5) is 16.0. The molecule has 0 saturated carbocycles. The van der Waals surface area contributed by atoms with Gasteiger partial charge in [0.05, 0.1) is 12.3 Å². The molecule has 8 nitrogen and oxygen atoms in total. The highest BCUT2D eigenvalue weighted by Crippen LogP contribution is 2.10. The van der Waals surface area contributed by atoms with Gasteiger partial charge in [0.2, 0.25) is 0 Å². The second-order valence-corrected chi connectivity index (χ2v) is 5.40. The van der Waals surface area contributed by atoms with Gasteiger partial charge in [-0.05, 0) is 30.2 Å². The van der Waals surface area contributed by atoms with Crippen LogP contribution in [0.1, 0.15) is 33.5 Å². The van der Waals surface area contributed by atoms with Crippen LogP contribution >= 0.6 is 0 Å². The van der Waals surface area contributed by atoms with Gasteiger partial charge in [-0.25, -0.2) is 0 Å². The largest absolute Gasteiger partial charge is 0.387 e. The Morgan fingerprint density at radius 1 is 1.42 bits per heavy atom. The van der Waals surface area contributed by atoms with Gasteiger partial charge in [-0.1, -0.05) is 5.16 Å². The number of hydrogen-bond acceptors (Lipinski definition) is 6. The predicted molar refractivity (Wildman–Crippen MR) is 84.1 cm³/mol. The Hall–Kier alpha value is -3.00. The third-order valence-corrected chi connectivity index (χ3v) is 3.42. The van der Waals surface area contributed by atoms with Crippen LogP contribution in [0.3, 0.4) is 0 Å². The zero-order chi connectivity index (χ0) is 16.9. The van der Waals surface area contributed by atoms with Crippen molar-refractivity contribution in [2.45, 2.75) is 19.6 Å². The Labute approximate surface area is 138 Å². The fourth-order valence-corrected chi connectivity index (χ4v) is 2.19. The van der Waals surface area contributed by atoms with Crippen molar-refractivity contribution in [1.29, 1.82) is 0 Å². The molecule has 0 radical (unpaired) electrons. The molecule has 3 aromatic rings. The zero-order valence-corrected chi connectivity index (χ0v) is 13.1. The molecule has 0 aliphatic carbocycles. The van der Waals surface area contributed by atoms with Crippen LogP contribution in [0.2, 0.25) is 0 Å². The maximum atomic E-state index is 12.1. The average molecular weight is 327 g/mol. The zero-order valence-electron chi connectivity index (χ0n) is 13.1. The van der Waals surface area contributed by atoms with Crippen molar-refractivity contribution >= 4 is 5.91 Å². The van der Waals surface area contributed by atoms with Crippen LogP contribution in [0.15, 0.2) is 47.5 Å². The summed E-state index contributed by atoms with van der Waals surface area (Å²) in [7, 11) is 0. The first-order valence-corrected chi connectivity index (χ1v) is 7.42. The first-order chi connectivity index (χ1) is 11.6. The van der Waals surface area contributed by atoms with Crippen LogP contribution in [-0.4, -0.2) is 37.5 Å². The van der Waals surface area contributed by atoms with Crippen molar-refractivity contribution in [3.05, 3.63) is 65.6 Å². The van der Waals surface area contributed by atoms with Crippen LogP contribution in [0.5, 0.6) is 0 Å². The summed E-state index contributed by atoms with van der Waals surface area (Å²) in [5.74, 6) is 0.118. The predicted octanol–water partition coefficient (Wildman–Crippen LogP) is 1.09. The Morgan fingerprint density at radius 2 is 2.21 bits per heavy atom. The summed E-state index contributed by atoms with van der Waals surface area (Å²) < 4.78 is 6.85. The Bertz CT molecular complexity index is 812. The Morgan fingerprint density at radius 3 is 2.92 bits per heavy atom. The minimum Gasteiger partial charge on any atom is -0.387 e. The number of hydrogen-bond donors (Lipinski definition) is 2. The van der Waals surface area contributed by atoms with Gasteiger partial charge in [0.15, 0.2) is 11.5 Å². The van der Waals surface area contributed by atoms with Crippen LogP contribution < -0.4 is 5.32 Å². The minimum atomic E-state index is -0.810. The highest BCUT2D eigenvalue weighted by atomic mass is 16.5. The van der Waals surface area contributed by atoms with Gasteiger partial charge in [0, 0.05) is 31.2 Å². The molecule has 0 aliphatic heterocycles. The lowest BCUT2D eigenvalue weighted by Crippen LogP contribution is -2.28. The summed E-state index contributed by atoms with van der Waals surface area (Å²) in [5.41, 5.74) is 1.88. The second-order valence-electron chi connectivity index (χ2n) is 5.40. The molecule has 24 heavy (non-hydrogen) atoms. The number of aryl methyl sites for hydroxylation is 1. The van der Waals surface area contributed by atoms with Crippen molar-refractivity contribution < 1.29 is 14.4 Å². The van der Waals surface area contributed by atoms with Crippen LogP contribution in [0.25, 0.3) is 0 Å². The standard InChI is InChI=1S/C16H17N5O3/c1-11-7-19-21(9-11)10-13-6-14(20-24-13)16(23)18-8-15(22)12-2-4-17-5-3-12/h2-7,9,15,22H,8,10H2,1H3,(H,18,23). The van der Waals surface area contributed by atoms with Crippen molar-refractivity contribution in [3.63, 3.8) is 0 Å². The van der Waals surface area contributed by atoms with Gasteiger partial charge in [-0.2, -0.15) is 5.10 Å². The molecule has 124 valence electrons. The van der Waals surface area contributed by atoms with E-state index in [0.717, 1.165) is 5.56 Å². The van der Waals surface area contributed by atoms with E-state index in [1.807, 2.05) is 13.1 Å². The molecule has 1 unspecified atom stereocenters. The first kappa shape index (κ1) is 15.9. The molecule has 0 spiro atoms. The Balaban J connectivity index is 1.56. The van der Waals surface area contributed by atoms with Crippen molar-refractivity contribution in [1.82, 2.24) is 25.2 Å². The summed E-state index contributed by atoms with van der Waals surface area (Å²) in [6.07, 6.45) is 5.97. The van der Waals surface area contributed by atoms with Gasteiger partial charge < -0.3 is 14.9 Å². The van der Waals surface area contributed by atoms with Gasteiger partial charge in [-0.3, -0.25) is 14.5 Å². The molecule has 0 bridgehead atoms. The molecular formula is C16H17N5O3. The molecule has 0 aromatic carbocycles. The molecule has 1 amide bonds. The molecule has 3 rings (SSSR count). The van der Waals surface area contributed by atoms with E-state index >= 15 is 0 Å². The molecule has 3 aromatic heterocycles. The molecular weight excluding hydrogens is 310 g/mol. The third kappa shape index (κ3) is 3.85. The third-order valence-electron chi connectivity index (χ3n) is 3.42. The summed E-state index contributed by atoms with van der Waals surface area (Å²) in [5, 5.41) is 20.5. The number of carbonyl (C=O) groups is 1. The van der Waals surface area contributed by atoms with Crippen molar-refractivity contribution in [3.8, 4) is 0 Å². The van der Waals surface area contributed by atoms with E-state index < -0.39 is 12.0 Å².